The predicted octanol–water partition coefficient (Wildman–Crippen LogP) is 0.980. The summed E-state index contributed by atoms with van der Waals surface area (Å²) in [6.45, 7) is 4.58. The van der Waals surface area contributed by atoms with Crippen molar-refractivity contribution in [3.05, 3.63) is 18.2 Å². The fourth-order valence-corrected chi connectivity index (χ4v) is 4.02. The highest BCUT2D eigenvalue weighted by molar-refractivity contribution is 5.76. The average molecular weight is 333 g/mol. The Morgan fingerprint density at radius 3 is 2.67 bits per heavy atom. The van der Waals surface area contributed by atoms with E-state index in [9.17, 15) is 4.79 Å². The average Bonchev–Trinajstić information content (AvgIpc) is 3.22. The SMILES string of the molecule is CN1CCC(N2CCC(N(C)C(=O)CCc3cncn3C)C2)CC1. The molecule has 1 atom stereocenters. The predicted molar refractivity (Wildman–Crippen MR) is 94.8 cm³/mol. The molecule has 134 valence electrons. The second-order valence-electron chi connectivity index (χ2n) is 7.47. The molecular formula is C18H31N5O. The van der Waals surface area contributed by atoms with E-state index in [1.54, 1.807) is 6.33 Å². The fourth-order valence-electron chi connectivity index (χ4n) is 4.02. The number of likely N-dealkylation sites (N-methyl/N-ethyl adjacent to an activating group) is 1. The highest BCUT2D eigenvalue weighted by atomic mass is 16.2. The molecule has 0 N–H and O–H groups in total. The lowest BCUT2D eigenvalue weighted by atomic mass is 10.0. The first-order chi connectivity index (χ1) is 11.5. The largest absolute Gasteiger partial charge is 0.341 e. The van der Waals surface area contributed by atoms with Gasteiger partial charge in [0.1, 0.15) is 0 Å². The summed E-state index contributed by atoms with van der Waals surface area (Å²) in [5.41, 5.74) is 1.12. The topological polar surface area (TPSA) is 44.6 Å². The Hall–Kier alpha value is -1.40. The van der Waals surface area contributed by atoms with Gasteiger partial charge in [0.05, 0.1) is 6.33 Å². The summed E-state index contributed by atoms with van der Waals surface area (Å²) in [6, 6.07) is 1.09. The number of aryl methyl sites for hydroxylation is 2. The van der Waals surface area contributed by atoms with E-state index in [2.05, 4.69) is 21.8 Å². The molecule has 0 bridgehead atoms. The van der Waals surface area contributed by atoms with Gasteiger partial charge in [-0.15, -0.1) is 0 Å². The molecule has 3 heterocycles. The maximum atomic E-state index is 12.5. The van der Waals surface area contributed by atoms with Crippen molar-refractivity contribution in [2.75, 3.05) is 40.3 Å². The molecule has 24 heavy (non-hydrogen) atoms. The van der Waals surface area contributed by atoms with Crippen molar-refractivity contribution in [2.45, 2.75) is 44.2 Å². The van der Waals surface area contributed by atoms with E-state index in [0.717, 1.165) is 31.6 Å². The Labute approximate surface area is 145 Å². The number of rotatable bonds is 5. The van der Waals surface area contributed by atoms with Crippen LogP contribution in [0, 0.1) is 0 Å². The van der Waals surface area contributed by atoms with Crippen LogP contribution in [0.2, 0.25) is 0 Å². The zero-order valence-electron chi connectivity index (χ0n) is 15.3. The number of hydrogen-bond donors (Lipinski definition) is 0. The van der Waals surface area contributed by atoms with Gasteiger partial charge < -0.3 is 14.4 Å². The molecule has 2 aliphatic rings. The second-order valence-corrected chi connectivity index (χ2v) is 7.47. The Kier molecular flexibility index (Phi) is 5.56. The number of carbonyl (C=O) groups is 1. The molecule has 0 aliphatic carbocycles. The van der Waals surface area contributed by atoms with E-state index in [-0.39, 0.29) is 5.91 Å². The molecule has 6 nitrogen and oxygen atoms in total. The summed E-state index contributed by atoms with van der Waals surface area (Å²) < 4.78 is 1.99. The Morgan fingerprint density at radius 1 is 1.25 bits per heavy atom. The first kappa shape index (κ1) is 17.4. The molecule has 2 fully saturated rings. The second kappa shape index (κ2) is 7.66. The lowest BCUT2D eigenvalue weighted by Gasteiger charge is -2.35. The van der Waals surface area contributed by atoms with Gasteiger partial charge in [0.2, 0.25) is 5.91 Å². The molecule has 1 amide bonds. The summed E-state index contributed by atoms with van der Waals surface area (Å²) in [5.74, 6) is 0.256. The van der Waals surface area contributed by atoms with Crippen LogP contribution in [-0.2, 0) is 18.3 Å². The van der Waals surface area contributed by atoms with E-state index < -0.39 is 0 Å². The Balaban J connectivity index is 1.46. The van der Waals surface area contributed by atoms with E-state index >= 15 is 0 Å². The lowest BCUT2D eigenvalue weighted by Crippen LogP contribution is -2.45. The third-order valence-electron chi connectivity index (χ3n) is 5.85. The van der Waals surface area contributed by atoms with Crippen molar-refractivity contribution in [3.63, 3.8) is 0 Å². The van der Waals surface area contributed by atoms with Crippen molar-refractivity contribution in [2.24, 2.45) is 7.05 Å². The number of imidazole rings is 1. The van der Waals surface area contributed by atoms with Crippen LogP contribution in [0.3, 0.4) is 0 Å². The van der Waals surface area contributed by atoms with Crippen LogP contribution in [0.25, 0.3) is 0 Å². The summed E-state index contributed by atoms with van der Waals surface area (Å²) in [7, 11) is 6.17. The number of piperidine rings is 1. The summed E-state index contributed by atoms with van der Waals surface area (Å²) in [6.07, 6.45) is 8.62. The van der Waals surface area contributed by atoms with Crippen LogP contribution in [0.4, 0.5) is 0 Å². The molecule has 0 aromatic carbocycles. The standard InChI is InChI=1S/C18H31N5O/c1-20-9-6-15(7-10-20)23-11-8-17(13-23)22(3)18(24)5-4-16-12-19-14-21(16)2/h12,14-15,17H,4-11,13H2,1-3H3. The van der Waals surface area contributed by atoms with Crippen LogP contribution in [0.15, 0.2) is 12.5 Å². The van der Waals surface area contributed by atoms with Crippen LogP contribution in [0.5, 0.6) is 0 Å². The Morgan fingerprint density at radius 2 is 2.00 bits per heavy atom. The maximum absolute atomic E-state index is 12.5. The molecule has 0 radical (unpaired) electrons. The molecule has 6 heteroatoms. The third-order valence-corrected chi connectivity index (χ3v) is 5.85. The van der Waals surface area contributed by atoms with Gasteiger partial charge >= 0.3 is 0 Å². The van der Waals surface area contributed by atoms with Crippen LogP contribution in [0.1, 0.15) is 31.4 Å². The molecule has 3 rings (SSSR count). The fraction of sp³-hybridized carbons (Fsp3) is 0.778. The van der Waals surface area contributed by atoms with Crippen molar-refractivity contribution in [3.8, 4) is 0 Å². The number of carbonyl (C=O) groups excluding carboxylic acids is 1. The van der Waals surface area contributed by atoms with Crippen LogP contribution >= 0.6 is 0 Å². The Bertz CT molecular complexity index is 549. The van der Waals surface area contributed by atoms with Gasteiger partial charge in [0.15, 0.2) is 0 Å². The van der Waals surface area contributed by atoms with Crippen molar-refractivity contribution < 1.29 is 4.79 Å². The smallest absolute Gasteiger partial charge is 0.222 e. The first-order valence-corrected chi connectivity index (χ1v) is 9.18. The van der Waals surface area contributed by atoms with Crippen LogP contribution < -0.4 is 0 Å². The third kappa shape index (κ3) is 3.98. The minimum absolute atomic E-state index is 0.256. The molecule has 0 saturated carbocycles. The molecular weight excluding hydrogens is 302 g/mol. The van der Waals surface area contributed by atoms with Crippen molar-refractivity contribution in [1.29, 1.82) is 0 Å². The lowest BCUT2D eigenvalue weighted by molar-refractivity contribution is -0.131. The zero-order chi connectivity index (χ0) is 17.1. The van der Waals surface area contributed by atoms with Gasteiger partial charge in [-0.3, -0.25) is 9.69 Å². The number of likely N-dealkylation sites (tertiary alicyclic amines) is 2. The number of nitrogens with zero attached hydrogens (tertiary/aromatic N) is 5. The number of aromatic nitrogens is 2. The maximum Gasteiger partial charge on any atom is 0.222 e. The molecule has 1 aromatic rings. The van der Waals surface area contributed by atoms with E-state index in [0.29, 0.717) is 18.5 Å². The van der Waals surface area contributed by atoms with Gasteiger partial charge in [-0.2, -0.15) is 0 Å². The van der Waals surface area contributed by atoms with Gasteiger partial charge in [-0.25, -0.2) is 4.98 Å². The number of hydrogen-bond acceptors (Lipinski definition) is 4. The normalized spacial score (nSPS) is 23.7. The van der Waals surface area contributed by atoms with Gasteiger partial charge in [-0.1, -0.05) is 0 Å². The minimum Gasteiger partial charge on any atom is -0.341 e. The monoisotopic (exact) mass is 333 g/mol. The van der Waals surface area contributed by atoms with Crippen molar-refractivity contribution in [1.82, 2.24) is 24.3 Å². The highest BCUT2D eigenvalue weighted by Gasteiger charge is 2.33. The van der Waals surface area contributed by atoms with Gasteiger partial charge in [0.25, 0.3) is 0 Å². The molecule has 2 saturated heterocycles. The molecule has 2 aliphatic heterocycles. The van der Waals surface area contributed by atoms with E-state index in [4.69, 9.17) is 0 Å². The zero-order valence-corrected chi connectivity index (χ0v) is 15.3. The molecule has 1 aromatic heterocycles. The van der Waals surface area contributed by atoms with Gasteiger partial charge in [-0.05, 0) is 45.8 Å². The highest BCUT2D eigenvalue weighted by Crippen LogP contribution is 2.23. The summed E-state index contributed by atoms with van der Waals surface area (Å²) in [5, 5.41) is 0. The summed E-state index contributed by atoms with van der Waals surface area (Å²) in [4.78, 5) is 23.7. The molecule has 0 spiro atoms. The van der Waals surface area contributed by atoms with Crippen LogP contribution in [-0.4, -0.2) is 82.5 Å². The van der Waals surface area contributed by atoms with Crippen molar-refractivity contribution >= 4 is 5.91 Å². The summed E-state index contributed by atoms with van der Waals surface area (Å²) >= 11 is 0. The van der Waals surface area contributed by atoms with Gasteiger partial charge in [0, 0.05) is 57.6 Å². The van der Waals surface area contributed by atoms with E-state index in [1.807, 2.05) is 29.8 Å². The molecule has 1 unspecified atom stereocenters. The first-order valence-electron chi connectivity index (χ1n) is 9.18. The number of amides is 1. The van der Waals surface area contributed by atoms with E-state index in [1.165, 1.54) is 25.9 Å². The quantitative estimate of drug-likeness (QED) is 0.806. The minimum atomic E-state index is 0.256.